The van der Waals surface area contributed by atoms with Crippen molar-refractivity contribution in [2.75, 3.05) is 13.2 Å². The molecule has 0 bridgehead atoms. The third-order valence-corrected chi connectivity index (χ3v) is 8.57. The van der Waals surface area contributed by atoms with Gasteiger partial charge in [0.15, 0.2) is 0 Å². The van der Waals surface area contributed by atoms with Crippen LogP contribution in [0.1, 0.15) is 78.1 Å². The molecule has 3 nitrogen and oxygen atoms in total. The van der Waals surface area contributed by atoms with E-state index in [4.69, 9.17) is 13.6 Å². The first kappa shape index (κ1) is 19.4. The third kappa shape index (κ3) is 7.25. The van der Waals surface area contributed by atoms with Gasteiger partial charge in [-0.1, -0.05) is 44.9 Å². The number of rotatable bonds is 13. The Morgan fingerprint density at radius 2 is 1.52 bits per heavy atom. The lowest BCUT2D eigenvalue weighted by atomic mass is 9.85. The molecule has 0 N–H and O–H groups in total. The Morgan fingerprint density at radius 3 is 2.17 bits per heavy atom. The average molecular weight is 343 g/mol. The van der Waals surface area contributed by atoms with Crippen LogP contribution in [-0.2, 0) is 13.6 Å². The van der Waals surface area contributed by atoms with Crippen molar-refractivity contribution in [3.63, 3.8) is 0 Å². The lowest BCUT2D eigenvalue weighted by Gasteiger charge is -2.25. The second kappa shape index (κ2) is 10.2. The summed E-state index contributed by atoms with van der Waals surface area (Å²) in [5.41, 5.74) is 0. The van der Waals surface area contributed by atoms with Gasteiger partial charge in [0.1, 0.15) is 0 Å². The summed E-state index contributed by atoms with van der Waals surface area (Å²) in [5.74, 6) is 0.961. The van der Waals surface area contributed by atoms with Crippen LogP contribution >= 0.6 is 0 Å². The minimum absolute atomic E-state index is 0.655. The largest absolute Gasteiger partial charge is 0.395 e. The number of fused-ring (bicyclic) bond motifs is 1. The van der Waals surface area contributed by atoms with Crippen molar-refractivity contribution in [3.8, 4) is 0 Å². The highest BCUT2D eigenvalue weighted by Crippen LogP contribution is 2.41. The average Bonchev–Trinajstić information content (AvgIpc) is 3.29. The molecule has 136 valence electrons. The molecule has 1 aliphatic heterocycles. The first-order chi connectivity index (χ1) is 11.2. The van der Waals surface area contributed by atoms with Gasteiger partial charge in [0.25, 0.3) is 0 Å². The Kier molecular flexibility index (Phi) is 8.59. The lowest BCUT2D eigenvalue weighted by Crippen LogP contribution is -2.38. The Bertz CT molecular complexity index is 318. The molecular formula is C19H38O3Si. The quantitative estimate of drug-likeness (QED) is 0.254. The van der Waals surface area contributed by atoms with Crippen LogP contribution in [0.5, 0.6) is 0 Å². The predicted molar refractivity (Wildman–Crippen MR) is 98.0 cm³/mol. The van der Waals surface area contributed by atoms with Gasteiger partial charge >= 0.3 is 8.56 Å². The summed E-state index contributed by atoms with van der Waals surface area (Å²) in [5, 5.41) is 0. The molecule has 0 aromatic heterocycles. The van der Waals surface area contributed by atoms with Crippen molar-refractivity contribution in [3.05, 3.63) is 0 Å². The monoisotopic (exact) mass is 342 g/mol. The standard InChI is InChI=1S/C19H38O3Si/c1-4-20-23(3,21-5-2)15-11-9-7-6-8-10-12-17-13-14-18-19(16-17)22-18/h17-19H,4-16H2,1-3H3. The number of unbranched alkanes of at least 4 members (excludes halogenated alkanes) is 5. The Morgan fingerprint density at radius 1 is 0.870 bits per heavy atom. The van der Waals surface area contributed by atoms with Crippen LogP contribution in [0, 0.1) is 5.92 Å². The minimum atomic E-state index is -1.86. The molecule has 4 heteroatoms. The van der Waals surface area contributed by atoms with Crippen LogP contribution in [0.3, 0.4) is 0 Å². The molecule has 0 aromatic carbocycles. The third-order valence-electron chi connectivity index (χ3n) is 5.51. The van der Waals surface area contributed by atoms with E-state index in [-0.39, 0.29) is 0 Å². The van der Waals surface area contributed by atoms with E-state index >= 15 is 0 Å². The van der Waals surface area contributed by atoms with Crippen molar-refractivity contribution in [1.29, 1.82) is 0 Å². The normalized spacial score (nSPS) is 27.0. The summed E-state index contributed by atoms with van der Waals surface area (Å²) in [6.07, 6.45) is 15.1. The summed E-state index contributed by atoms with van der Waals surface area (Å²) >= 11 is 0. The topological polar surface area (TPSA) is 31.0 Å². The fraction of sp³-hybridized carbons (Fsp3) is 1.00. The van der Waals surface area contributed by atoms with Crippen LogP contribution in [0.4, 0.5) is 0 Å². The highest BCUT2D eigenvalue weighted by Gasteiger charge is 2.43. The molecule has 2 aliphatic rings. The van der Waals surface area contributed by atoms with E-state index in [2.05, 4.69) is 20.4 Å². The molecular weight excluding hydrogens is 304 g/mol. The summed E-state index contributed by atoms with van der Waals surface area (Å²) in [6, 6.07) is 1.15. The molecule has 2 rings (SSSR count). The second-order valence-corrected chi connectivity index (χ2v) is 10.9. The molecule has 3 atom stereocenters. The first-order valence-corrected chi connectivity index (χ1v) is 12.6. The van der Waals surface area contributed by atoms with Crippen molar-refractivity contribution >= 4 is 8.56 Å². The van der Waals surface area contributed by atoms with Crippen molar-refractivity contribution in [1.82, 2.24) is 0 Å². The molecule has 1 saturated heterocycles. The van der Waals surface area contributed by atoms with Crippen LogP contribution < -0.4 is 0 Å². The molecule has 3 unspecified atom stereocenters. The molecule has 23 heavy (non-hydrogen) atoms. The Labute approximate surface area is 144 Å². The molecule has 2 fully saturated rings. The van der Waals surface area contributed by atoms with Crippen molar-refractivity contribution in [2.24, 2.45) is 5.92 Å². The highest BCUT2D eigenvalue weighted by atomic mass is 28.4. The molecule has 0 amide bonds. The van der Waals surface area contributed by atoms with Gasteiger partial charge in [-0.25, -0.2) is 0 Å². The zero-order valence-electron chi connectivity index (χ0n) is 15.6. The molecule has 1 saturated carbocycles. The van der Waals surface area contributed by atoms with Gasteiger partial charge in [0, 0.05) is 13.2 Å². The number of hydrogen-bond acceptors (Lipinski definition) is 3. The van der Waals surface area contributed by atoms with Crippen LogP contribution in [0.2, 0.25) is 12.6 Å². The van der Waals surface area contributed by atoms with Crippen LogP contribution in [-0.4, -0.2) is 34.0 Å². The first-order valence-electron chi connectivity index (χ1n) is 10.1. The summed E-state index contributed by atoms with van der Waals surface area (Å²) in [6.45, 7) is 7.95. The fourth-order valence-electron chi connectivity index (χ4n) is 4.13. The minimum Gasteiger partial charge on any atom is -0.395 e. The molecule has 1 aliphatic carbocycles. The zero-order valence-corrected chi connectivity index (χ0v) is 16.6. The zero-order chi connectivity index (χ0) is 16.5. The SMILES string of the molecule is CCO[Si](C)(CCCCCCCCC1CCC2OC2C1)OCC. The van der Waals surface area contributed by atoms with E-state index in [9.17, 15) is 0 Å². The van der Waals surface area contributed by atoms with Gasteiger partial charge < -0.3 is 13.6 Å². The maximum Gasteiger partial charge on any atom is 0.334 e. The maximum atomic E-state index is 5.90. The molecule has 1 heterocycles. The van der Waals surface area contributed by atoms with E-state index < -0.39 is 8.56 Å². The maximum absolute atomic E-state index is 5.90. The van der Waals surface area contributed by atoms with Gasteiger partial charge in [-0.2, -0.15) is 0 Å². The van der Waals surface area contributed by atoms with Gasteiger partial charge in [0.05, 0.1) is 12.2 Å². The fourth-order valence-corrected chi connectivity index (χ4v) is 6.62. The summed E-state index contributed by atoms with van der Waals surface area (Å²) < 4.78 is 17.4. The molecule has 0 spiro atoms. The van der Waals surface area contributed by atoms with Crippen LogP contribution in [0.15, 0.2) is 0 Å². The molecule has 0 aromatic rings. The highest BCUT2D eigenvalue weighted by molar-refractivity contribution is 6.66. The van der Waals surface area contributed by atoms with E-state index in [0.29, 0.717) is 12.2 Å². The van der Waals surface area contributed by atoms with E-state index in [0.717, 1.165) is 25.2 Å². The predicted octanol–water partition coefficient (Wildman–Crippen LogP) is 5.43. The summed E-state index contributed by atoms with van der Waals surface area (Å²) in [4.78, 5) is 0. The van der Waals surface area contributed by atoms with Crippen molar-refractivity contribution < 1.29 is 13.6 Å². The summed E-state index contributed by atoms with van der Waals surface area (Å²) in [7, 11) is -1.86. The van der Waals surface area contributed by atoms with Gasteiger partial charge in [-0.15, -0.1) is 0 Å². The Hall–Kier alpha value is 0.0969. The van der Waals surface area contributed by atoms with E-state index in [1.54, 1.807) is 0 Å². The number of ether oxygens (including phenoxy) is 1. The van der Waals surface area contributed by atoms with E-state index in [1.165, 1.54) is 64.2 Å². The molecule has 0 radical (unpaired) electrons. The number of epoxide rings is 1. The second-order valence-electron chi connectivity index (χ2n) is 7.55. The Balaban J connectivity index is 1.41. The lowest BCUT2D eigenvalue weighted by molar-refractivity contribution is 0.188. The van der Waals surface area contributed by atoms with Gasteiger partial charge in [-0.05, 0) is 51.6 Å². The van der Waals surface area contributed by atoms with E-state index in [1.807, 2.05) is 0 Å². The smallest absolute Gasteiger partial charge is 0.334 e. The van der Waals surface area contributed by atoms with Crippen molar-refractivity contribution in [2.45, 2.75) is 103 Å². The van der Waals surface area contributed by atoms with Gasteiger partial charge in [0.2, 0.25) is 0 Å². The number of hydrogen-bond donors (Lipinski definition) is 0. The van der Waals surface area contributed by atoms with Gasteiger partial charge in [-0.3, -0.25) is 0 Å². The van der Waals surface area contributed by atoms with Crippen LogP contribution in [0.25, 0.3) is 0 Å².